The van der Waals surface area contributed by atoms with Crippen LogP contribution in [0.2, 0.25) is 0 Å². The van der Waals surface area contributed by atoms with E-state index in [-0.39, 0.29) is 30.3 Å². The Balaban J connectivity index is 1.83. The van der Waals surface area contributed by atoms with E-state index < -0.39 is 28.5 Å². The summed E-state index contributed by atoms with van der Waals surface area (Å²) in [6.45, 7) is 4.79. The Morgan fingerprint density at radius 2 is 1.69 bits per heavy atom. The summed E-state index contributed by atoms with van der Waals surface area (Å²) in [7, 11) is 0. The van der Waals surface area contributed by atoms with Crippen LogP contribution in [-0.2, 0) is 19.1 Å². The van der Waals surface area contributed by atoms with Crippen LogP contribution in [0.25, 0.3) is 0 Å². The maximum atomic E-state index is 12.2. The number of anilines is 3. The van der Waals surface area contributed by atoms with Crippen molar-refractivity contribution in [2.75, 3.05) is 29.6 Å². The number of ether oxygens (including phenoxy) is 3. The molecule has 4 N–H and O–H groups in total. The Hall–Kier alpha value is -4.61. The number of hydrogen-bond donors (Lipinski definition) is 3. The molecule has 0 aliphatic heterocycles. The molecular formula is C23H26N4O8. The fourth-order valence-electron chi connectivity index (χ4n) is 2.57. The first-order valence-corrected chi connectivity index (χ1v) is 10.4. The number of esters is 1. The summed E-state index contributed by atoms with van der Waals surface area (Å²) in [5, 5.41) is 16.1. The number of hydrogen-bond acceptors (Lipinski definition) is 9. The number of nitro benzene ring substituents is 1. The number of nitrogens with two attached hydrogens (primary N) is 1. The average Bonchev–Trinajstić information content (AvgIpc) is 2.76. The van der Waals surface area contributed by atoms with Crippen molar-refractivity contribution in [1.82, 2.24) is 0 Å². The van der Waals surface area contributed by atoms with Crippen LogP contribution in [0.1, 0.15) is 20.8 Å². The van der Waals surface area contributed by atoms with E-state index in [0.717, 1.165) is 18.2 Å². The third kappa shape index (κ3) is 9.42. The van der Waals surface area contributed by atoms with Gasteiger partial charge in [-0.3, -0.25) is 20.2 Å². The second-order valence-electron chi connectivity index (χ2n) is 8.00. The highest BCUT2D eigenvalue weighted by molar-refractivity contribution is 6.05. The van der Waals surface area contributed by atoms with Gasteiger partial charge in [-0.1, -0.05) is 12.1 Å². The Bertz CT molecular complexity index is 1120. The van der Waals surface area contributed by atoms with E-state index >= 15 is 0 Å². The number of benzene rings is 2. The number of nitrogens with one attached hydrogen (secondary N) is 2. The molecule has 12 nitrogen and oxygen atoms in total. The van der Waals surface area contributed by atoms with Crippen molar-refractivity contribution in [3.63, 3.8) is 0 Å². The number of nitro groups is 1. The lowest BCUT2D eigenvalue weighted by Gasteiger charge is -2.20. The minimum Gasteiger partial charge on any atom is -0.483 e. The SMILES string of the molecule is CC(C)(C)OC(=O)Nc1ccccc1NC(=O)/C=C/C(=O)OCCOc1ccc(N)cc1[N+](=O)[O-]. The van der Waals surface area contributed by atoms with Crippen molar-refractivity contribution in [3.05, 3.63) is 64.7 Å². The molecule has 0 unspecified atom stereocenters. The largest absolute Gasteiger partial charge is 0.483 e. The van der Waals surface area contributed by atoms with E-state index in [0.29, 0.717) is 11.4 Å². The molecule has 0 fully saturated rings. The fraction of sp³-hybridized carbons (Fsp3) is 0.261. The number of nitrogens with zero attached hydrogens (tertiary/aromatic N) is 1. The van der Waals surface area contributed by atoms with Crippen molar-refractivity contribution < 1.29 is 33.5 Å². The van der Waals surface area contributed by atoms with Crippen LogP contribution >= 0.6 is 0 Å². The quantitative estimate of drug-likeness (QED) is 0.119. The molecule has 0 aliphatic carbocycles. The van der Waals surface area contributed by atoms with E-state index in [1.807, 2.05) is 0 Å². The van der Waals surface area contributed by atoms with Gasteiger partial charge in [-0.15, -0.1) is 0 Å². The lowest BCUT2D eigenvalue weighted by atomic mass is 10.2. The van der Waals surface area contributed by atoms with Crippen LogP contribution in [0.15, 0.2) is 54.6 Å². The third-order valence-electron chi connectivity index (χ3n) is 3.96. The highest BCUT2D eigenvalue weighted by Crippen LogP contribution is 2.28. The monoisotopic (exact) mass is 486 g/mol. The molecule has 186 valence electrons. The molecule has 35 heavy (non-hydrogen) atoms. The summed E-state index contributed by atoms with van der Waals surface area (Å²) in [4.78, 5) is 46.4. The number of carbonyl (C=O) groups excluding carboxylic acids is 3. The molecule has 0 bridgehead atoms. The molecule has 0 radical (unpaired) electrons. The molecule has 0 aromatic heterocycles. The lowest BCUT2D eigenvalue weighted by Crippen LogP contribution is -2.27. The van der Waals surface area contributed by atoms with Crippen LogP contribution in [-0.4, -0.2) is 41.7 Å². The Morgan fingerprint density at radius 1 is 1.03 bits per heavy atom. The number of rotatable bonds is 9. The summed E-state index contributed by atoms with van der Waals surface area (Å²) >= 11 is 0. The van der Waals surface area contributed by atoms with Crippen LogP contribution in [0.3, 0.4) is 0 Å². The van der Waals surface area contributed by atoms with E-state index in [2.05, 4.69) is 10.6 Å². The van der Waals surface area contributed by atoms with Gasteiger partial charge < -0.3 is 25.3 Å². The van der Waals surface area contributed by atoms with Gasteiger partial charge in [0.2, 0.25) is 5.91 Å². The van der Waals surface area contributed by atoms with Crippen LogP contribution < -0.4 is 21.1 Å². The molecule has 2 aromatic carbocycles. The van der Waals surface area contributed by atoms with Gasteiger partial charge in [-0.05, 0) is 45.0 Å². The van der Waals surface area contributed by atoms with Crippen LogP contribution in [0.5, 0.6) is 5.75 Å². The number of carbonyl (C=O) groups is 3. The zero-order chi connectivity index (χ0) is 26.0. The highest BCUT2D eigenvalue weighted by atomic mass is 16.6. The van der Waals surface area contributed by atoms with Crippen molar-refractivity contribution in [1.29, 1.82) is 0 Å². The van der Waals surface area contributed by atoms with E-state index in [1.54, 1.807) is 45.0 Å². The van der Waals surface area contributed by atoms with Crippen LogP contribution in [0.4, 0.5) is 27.5 Å². The predicted molar refractivity (Wildman–Crippen MR) is 128 cm³/mol. The molecule has 0 spiro atoms. The Morgan fingerprint density at radius 3 is 2.31 bits per heavy atom. The minimum absolute atomic E-state index is 0.0196. The van der Waals surface area contributed by atoms with E-state index in [1.165, 1.54) is 12.1 Å². The predicted octanol–water partition coefficient (Wildman–Crippen LogP) is 3.64. The zero-order valence-corrected chi connectivity index (χ0v) is 19.4. The van der Waals surface area contributed by atoms with Crippen molar-refractivity contribution in [3.8, 4) is 5.75 Å². The first-order valence-electron chi connectivity index (χ1n) is 10.4. The molecule has 0 saturated heterocycles. The second-order valence-corrected chi connectivity index (χ2v) is 8.00. The van der Waals surface area contributed by atoms with Gasteiger partial charge in [0.05, 0.1) is 16.3 Å². The molecule has 0 saturated carbocycles. The standard InChI is InChI=1S/C23H26N4O8/c1-23(2,3)35-22(30)26-17-7-5-4-6-16(17)25-20(28)10-11-21(29)34-13-12-33-19-9-8-15(24)14-18(19)27(31)32/h4-11,14H,12-13,24H2,1-3H3,(H,25,28)(H,26,30)/b11-10+. The van der Waals surface area contributed by atoms with E-state index in [9.17, 15) is 24.5 Å². The number of nitrogen functional groups attached to an aromatic ring is 1. The Kier molecular flexibility index (Phi) is 9.15. The van der Waals surface area contributed by atoms with Crippen LogP contribution in [0, 0.1) is 10.1 Å². The summed E-state index contributed by atoms with van der Waals surface area (Å²) in [5.74, 6) is -1.49. The maximum absolute atomic E-state index is 12.2. The minimum atomic E-state index is -0.823. The summed E-state index contributed by atoms with van der Waals surface area (Å²) in [6, 6.07) is 10.4. The molecule has 0 aliphatic rings. The van der Waals surface area contributed by atoms with Gasteiger partial charge in [0.15, 0.2) is 5.75 Å². The molecule has 2 amide bonds. The van der Waals surface area contributed by atoms with Gasteiger partial charge in [0, 0.05) is 23.9 Å². The van der Waals surface area contributed by atoms with Gasteiger partial charge in [-0.25, -0.2) is 9.59 Å². The first-order chi connectivity index (χ1) is 16.4. The third-order valence-corrected chi connectivity index (χ3v) is 3.96. The molecular weight excluding hydrogens is 460 g/mol. The zero-order valence-electron chi connectivity index (χ0n) is 19.4. The molecule has 2 aromatic rings. The fourth-order valence-corrected chi connectivity index (χ4v) is 2.57. The summed E-state index contributed by atoms with van der Waals surface area (Å²) in [5.41, 5.74) is 5.33. The normalized spacial score (nSPS) is 10.9. The number of para-hydroxylation sites is 2. The first kappa shape index (κ1) is 26.6. The number of amides is 2. The smallest absolute Gasteiger partial charge is 0.412 e. The summed E-state index contributed by atoms with van der Waals surface area (Å²) in [6.07, 6.45) is 1.17. The van der Waals surface area contributed by atoms with Gasteiger partial charge >= 0.3 is 17.7 Å². The van der Waals surface area contributed by atoms with Gasteiger partial charge in [0.1, 0.15) is 18.8 Å². The highest BCUT2D eigenvalue weighted by Gasteiger charge is 2.18. The van der Waals surface area contributed by atoms with Crippen molar-refractivity contribution in [2.24, 2.45) is 0 Å². The maximum Gasteiger partial charge on any atom is 0.412 e. The van der Waals surface area contributed by atoms with E-state index in [4.69, 9.17) is 19.9 Å². The van der Waals surface area contributed by atoms with Gasteiger partial charge in [0.25, 0.3) is 0 Å². The molecule has 2 rings (SSSR count). The molecule has 0 atom stereocenters. The Labute approximate surface area is 201 Å². The van der Waals surface area contributed by atoms with Crippen molar-refractivity contribution >= 4 is 40.7 Å². The van der Waals surface area contributed by atoms with Gasteiger partial charge in [-0.2, -0.15) is 0 Å². The lowest BCUT2D eigenvalue weighted by molar-refractivity contribution is -0.385. The molecule has 12 heteroatoms. The molecule has 0 heterocycles. The van der Waals surface area contributed by atoms with Crippen molar-refractivity contribution in [2.45, 2.75) is 26.4 Å². The summed E-state index contributed by atoms with van der Waals surface area (Å²) < 4.78 is 15.4. The average molecular weight is 486 g/mol. The topological polar surface area (TPSA) is 172 Å². The second kappa shape index (κ2) is 12.0.